The van der Waals surface area contributed by atoms with Gasteiger partial charge in [-0.05, 0) is 30.3 Å². The fourth-order valence-corrected chi connectivity index (χ4v) is 2.60. The number of rotatable bonds is 5. The first kappa shape index (κ1) is 14.2. The molecule has 0 saturated heterocycles. The van der Waals surface area contributed by atoms with E-state index in [0.717, 1.165) is 11.8 Å². The van der Waals surface area contributed by atoms with Crippen LogP contribution in [0.4, 0.5) is 0 Å². The van der Waals surface area contributed by atoms with Gasteiger partial charge in [0.15, 0.2) is 9.84 Å². The van der Waals surface area contributed by atoms with Gasteiger partial charge in [0.2, 0.25) is 0 Å². The van der Waals surface area contributed by atoms with Gasteiger partial charge in [0.25, 0.3) is 0 Å². The molecule has 0 unspecified atom stereocenters. The van der Waals surface area contributed by atoms with Gasteiger partial charge >= 0.3 is 0 Å². The fraction of sp³-hybridized carbons (Fsp3) is 0.500. The first-order valence-corrected chi connectivity index (χ1v) is 11.2. The molecule has 1 aromatic carbocycles. The topological polar surface area (TPSA) is 43.4 Å². The van der Waals surface area contributed by atoms with E-state index in [1.165, 1.54) is 6.26 Å². The van der Waals surface area contributed by atoms with Gasteiger partial charge in [-0.3, -0.25) is 0 Å². The van der Waals surface area contributed by atoms with E-state index in [-0.39, 0.29) is 0 Å². The maximum atomic E-state index is 11.3. The molecule has 0 amide bonds. The molecule has 0 heterocycles. The monoisotopic (exact) mass is 272 g/mol. The highest BCUT2D eigenvalue weighted by molar-refractivity contribution is 7.90. The highest BCUT2D eigenvalue weighted by atomic mass is 32.2. The van der Waals surface area contributed by atoms with Crippen LogP contribution >= 0.6 is 0 Å². The smallest absolute Gasteiger partial charge is 0.175 e. The highest BCUT2D eigenvalue weighted by Crippen LogP contribution is 2.17. The summed E-state index contributed by atoms with van der Waals surface area (Å²) >= 11 is 0. The van der Waals surface area contributed by atoms with Crippen LogP contribution in [0.2, 0.25) is 25.7 Å². The third-order valence-corrected chi connectivity index (χ3v) is 5.21. The quantitative estimate of drug-likeness (QED) is 0.774. The average molecular weight is 272 g/mol. The summed E-state index contributed by atoms with van der Waals surface area (Å²) in [6.07, 6.45) is 1.20. The highest BCUT2D eigenvalue weighted by Gasteiger charge is 2.12. The molecule has 0 aliphatic heterocycles. The Morgan fingerprint density at radius 2 is 1.65 bits per heavy atom. The molecule has 0 atom stereocenters. The van der Waals surface area contributed by atoms with E-state index < -0.39 is 17.9 Å². The lowest BCUT2D eigenvalue weighted by Crippen LogP contribution is -2.22. The van der Waals surface area contributed by atoms with E-state index in [2.05, 4.69) is 19.6 Å². The fourth-order valence-electron chi connectivity index (χ4n) is 1.26. The summed E-state index contributed by atoms with van der Waals surface area (Å²) in [4.78, 5) is 0.329. The number of ether oxygens (including phenoxy) is 1. The third-order valence-electron chi connectivity index (χ3n) is 2.37. The van der Waals surface area contributed by atoms with Crippen molar-refractivity contribution in [2.75, 3.05) is 12.9 Å². The van der Waals surface area contributed by atoms with Gasteiger partial charge in [-0.2, -0.15) is 0 Å². The molecule has 96 valence electrons. The number of sulfone groups is 1. The molecule has 3 nitrogen and oxygen atoms in total. The van der Waals surface area contributed by atoms with E-state index in [0.29, 0.717) is 11.5 Å². The molecule has 0 aromatic heterocycles. The Kier molecular flexibility index (Phi) is 4.38. The van der Waals surface area contributed by atoms with E-state index in [1.807, 2.05) is 0 Å². The van der Waals surface area contributed by atoms with Crippen LogP contribution in [0.25, 0.3) is 0 Å². The summed E-state index contributed by atoms with van der Waals surface area (Å²) in [5.41, 5.74) is 0. The molecule has 1 aromatic rings. The SMILES string of the molecule is C[Si](C)(C)CCOc1ccc(S(C)(=O)=O)cc1. The third kappa shape index (κ3) is 5.36. The molecule has 0 spiro atoms. The molecule has 17 heavy (non-hydrogen) atoms. The van der Waals surface area contributed by atoms with Gasteiger partial charge < -0.3 is 4.74 Å². The first-order valence-electron chi connectivity index (χ1n) is 5.61. The van der Waals surface area contributed by atoms with Crippen molar-refractivity contribution >= 4 is 17.9 Å². The van der Waals surface area contributed by atoms with Crippen LogP contribution in [-0.2, 0) is 9.84 Å². The van der Waals surface area contributed by atoms with E-state index in [4.69, 9.17) is 4.74 Å². The summed E-state index contributed by atoms with van der Waals surface area (Å²) in [5, 5.41) is 0. The van der Waals surface area contributed by atoms with Crippen molar-refractivity contribution < 1.29 is 13.2 Å². The Balaban J connectivity index is 2.58. The summed E-state index contributed by atoms with van der Waals surface area (Å²) in [6.45, 7) is 7.59. The molecule has 0 saturated carbocycles. The number of hydrogen-bond acceptors (Lipinski definition) is 3. The molecular formula is C12H20O3SSi. The summed E-state index contributed by atoms with van der Waals surface area (Å²) in [7, 11) is -4.18. The molecule has 5 heteroatoms. The molecular weight excluding hydrogens is 252 g/mol. The van der Waals surface area contributed by atoms with Gasteiger partial charge in [-0.15, -0.1) is 0 Å². The van der Waals surface area contributed by atoms with Crippen LogP contribution in [-0.4, -0.2) is 29.4 Å². The Morgan fingerprint density at radius 3 is 2.06 bits per heavy atom. The van der Waals surface area contributed by atoms with Crippen molar-refractivity contribution in [3.05, 3.63) is 24.3 Å². The Bertz CT molecular complexity index is 458. The predicted molar refractivity (Wildman–Crippen MR) is 73.2 cm³/mol. The van der Waals surface area contributed by atoms with E-state index in [1.54, 1.807) is 24.3 Å². The summed E-state index contributed by atoms with van der Waals surface area (Å²) < 4.78 is 28.1. The van der Waals surface area contributed by atoms with E-state index in [9.17, 15) is 8.42 Å². The van der Waals surface area contributed by atoms with E-state index >= 15 is 0 Å². The van der Waals surface area contributed by atoms with Crippen molar-refractivity contribution in [2.45, 2.75) is 30.6 Å². The molecule has 0 N–H and O–H groups in total. The van der Waals surface area contributed by atoms with Crippen LogP contribution in [0.5, 0.6) is 5.75 Å². The predicted octanol–water partition coefficient (Wildman–Crippen LogP) is 2.81. The largest absolute Gasteiger partial charge is 0.494 e. The molecule has 1 rings (SSSR count). The van der Waals surface area contributed by atoms with Crippen molar-refractivity contribution in [2.24, 2.45) is 0 Å². The van der Waals surface area contributed by atoms with Gasteiger partial charge in [0.1, 0.15) is 5.75 Å². The van der Waals surface area contributed by atoms with Crippen LogP contribution in [0.3, 0.4) is 0 Å². The number of hydrogen-bond donors (Lipinski definition) is 0. The number of benzene rings is 1. The lowest BCUT2D eigenvalue weighted by molar-refractivity contribution is 0.338. The zero-order chi connectivity index (χ0) is 13.1. The van der Waals surface area contributed by atoms with Gasteiger partial charge in [-0.25, -0.2) is 8.42 Å². The molecule has 0 aliphatic carbocycles. The Labute approximate surface area is 105 Å². The normalized spacial score (nSPS) is 12.5. The molecule has 0 aliphatic rings. The van der Waals surface area contributed by atoms with Crippen molar-refractivity contribution in [1.82, 2.24) is 0 Å². The minimum absolute atomic E-state index is 0.329. The second kappa shape index (κ2) is 5.22. The Morgan fingerprint density at radius 1 is 1.12 bits per heavy atom. The minimum Gasteiger partial charge on any atom is -0.494 e. The maximum absolute atomic E-state index is 11.3. The zero-order valence-electron chi connectivity index (χ0n) is 10.9. The molecule has 0 bridgehead atoms. The first-order chi connectivity index (χ1) is 7.68. The average Bonchev–Trinajstić information content (AvgIpc) is 2.15. The van der Waals surface area contributed by atoms with Crippen molar-refractivity contribution in [3.8, 4) is 5.75 Å². The van der Waals surface area contributed by atoms with Crippen LogP contribution in [0.15, 0.2) is 29.2 Å². The van der Waals surface area contributed by atoms with Crippen LogP contribution in [0, 0.1) is 0 Å². The standard InChI is InChI=1S/C12H20O3SSi/c1-16(13,14)12-7-5-11(6-8-12)15-9-10-17(2,3)4/h5-8H,9-10H2,1-4H3. The molecule has 0 radical (unpaired) electrons. The van der Waals surface area contributed by atoms with Crippen molar-refractivity contribution in [3.63, 3.8) is 0 Å². The summed E-state index contributed by atoms with van der Waals surface area (Å²) in [6, 6.07) is 7.68. The molecule has 0 fully saturated rings. The van der Waals surface area contributed by atoms with Gasteiger partial charge in [0.05, 0.1) is 11.5 Å². The Hall–Kier alpha value is -0.813. The zero-order valence-corrected chi connectivity index (χ0v) is 12.7. The van der Waals surface area contributed by atoms with Crippen LogP contribution < -0.4 is 4.74 Å². The van der Waals surface area contributed by atoms with Crippen LogP contribution in [0.1, 0.15) is 0 Å². The lowest BCUT2D eigenvalue weighted by Gasteiger charge is -2.15. The lowest BCUT2D eigenvalue weighted by atomic mass is 10.3. The summed E-state index contributed by atoms with van der Waals surface area (Å²) in [5.74, 6) is 0.732. The van der Waals surface area contributed by atoms with Gasteiger partial charge in [0, 0.05) is 14.3 Å². The second-order valence-electron chi connectivity index (χ2n) is 5.40. The second-order valence-corrected chi connectivity index (χ2v) is 13.0. The minimum atomic E-state index is -3.11. The maximum Gasteiger partial charge on any atom is 0.175 e. The van der Waals surface area contributed by atoms with Crippen molar-refractivity contribution in [1.29, 1.82) is 0 Å². The van der Waals surface area contributed by atoms with Gasteiger partial charge in [-0.1, -0.05) is 19.6 Å².